The summed E-state index contributed by atoms with van der Waals surface area (Å²) in [5.41, 5.74) is 0.964. The second-order valence-corrected chi connectivity index (χ2v) is 7.57. The van der Waals surface area contributed by atoms with Crippen LogP contribution in [-0.2, 0) is 11.2 Å². The second kappa shape index (κ2) is 6.46. The Balaban J connectivity index is 1.48. The lowest BCUT2D eigenvalue weighted by molar-refractivity contribution is -0.118. The van der Waals surface area contributed by atoms with Crippen molar-refractivity contribution in [1.29, 1.82) is 0 Å². The molecule has 1 atom stereocenters. The van der Waals surface area contributed by atoms with Crippen LogP contribution in [0.1, 0.15) is 29.3 Å². The quantitative estimate of drug-likeness (QED) is 0.826. The number of fused-ring (bicyclic) bond motifs is 1. The fourth-order valence-electron chi connectivity index (χ4n) is 3.54. The van der Waals surface area contributed by atoms with Crippen LogP contribution >= 0.6 is 11.3 Å². The fourth-order valence-corrected chi connectivity index (χ4v) is 4.45. The van der Waals surface area contributed by atoms with Gasteiger partial charge in [0, 0.05) is 17.5 Å². The molecule has 0 spiro atoms. The molecule has 25 heavy (non-hydrogen) atoms. The van der Waals surface area contributed by atoms with Crippen molar-refractivity contribution in [2.45, 2.75) is 25.3 Å². The minimum Gasteiger partial charge on any atom is -0.322 e. The molecular weight excluding hydrogens is 349 g/mol. The average molecular weight is 366 g/mol. The van der Waals surface area contributed by atoms with Gasteiger partial charge in [0.05, 0.1) is 12.2 Å². The molecule has 1 fully saturated rings. The Hall–Kier alpha value is -1.86. The number of nitrogens with one attached hydrogen (secondary N) is 1. The van der Waals surface area contributed by atoms with Gasteiger partial charge in [-0.15, -0.1) is 11.3 Å². The largest absolute Gasteiger partial charge is 0.322 e. The van der Waals surface area contributed by atoms with Crippen molar-refractivity contribution in [2.75, 3.05) is 18.4 Å². The third-order valence-corrected chi connectivity index (χ3v) is 5.84. The Kier molecular flexibility index (Phi) is 4.29. The van der Waals surface area contributed by atoms with Crippen LogP contribution in [0.4, 0.5) is 18.9 Å². The van der Waals surface area contributed by atoms with Crippen molar-refractivity contribution in [1.82, 2.24) is 4.90 Å². The molecule has 1 N–H and O–H groups in total. The van der Waals surface area contributed by atoms with Crippen LogP contribution in [0.25, 0.3) is 0 Å². The maximum atomic E-state index is 13.7. The van der Waals surface area contributed by atoms with Crippen molar-refractivity contribution < 1.29 is 18.0 Å². The van der Waals surface area contributed by atoms with Crippen LogP contribution in [0.2, 0.25) is 0 Å². The van der Waals surface area contributed by atoms with Crippen molar-refractivity contribution in [3.8, 4) is 0 Å². The molecular formula is C18H17F3N2OS. The maximum absolute atomic E-state index is 13.7. The highest BCUT2D eigenvalue weighted by Gasteiger charge is 2.40. The zero-order valence-electron chi connectivity index (χ0n) is 13.4. The lowest BCUT2D eigenvalue weighted by Crippen LogP contribution is -2.41. The molecule has 0 saturated heterocycles. The van der Waals surface area contributed by atoms with Gasteiger partial charge in [0.2, 0.25) is 5.91 Å². The van der Waals surface area contributed by atoms with Gasteiger partial charge in [-0.2, -0.15) is 0 Å². The number of benzene rings is 1. The van der Waals surface area contributed by atoms with Crippen LogP contribution in [0.3, 0.4) is 0 Å². The van der Waals surface area contributed by atoms with Crippen molar-refractivity contribution in [3.05, 3.63) is 51.5 Å². The number of anilines is 1. The van der Waals surface area contributed by atoms with Crippen LogP contribution < -0.4 is 5.32 Å². The summed E-state index contributed by atoms with van der Waals surface area (Å²) >= 11 is 1.75. The SMILES string of the molecule is O=C(CN1CCc2sccc2[C@H]1C1CC1)Nc1ccc(F)c(F)c1F. The summed E-state index contributed by atoms with van der Waals surface area (Å²) in [7, 11) is 0. The van der Waals surface area contributed by atoms with E-state index < -0.39 is 23.4 Å². The van der Waals surface area contributed by atoms with E-state index in [0.717, 1.165) is 37.9 Å². The Morgan fingerprint density at radius 1 is 1.20 bits per heavy atom. The van der Waals surface area contributed by atoms with E-state index in [-0.39, 0.29) is 18.3 Å². The third-order valence-electron chi connectivity index (χ3n) is 4.84. The van der Waals surface area contributed by atoms with E-state index in [1.54, 1.807) is 11.3 Å². The Bertz CT molecular complexity index is 819. The number of carbonyl (C=O) groups excluding carboxylic acids is 1. The smallest absolute Gasteiger partial charge is 0.238 e. The van der Waals surface area contributed by atoms with Crippen molar-refractivity contribution >= 4 is 22.9 Å². The van der Waals surface area contributed by atoms with Crippen LogP contribution in [0.15, 0.2) is 23.6 Å². The molecule has 7 heteroatoms. The van der Waals surface area contributed by atoms with Gasteiger partial charge < -0.3 is 5.32 Å². The fraction of sp³-hybridized carbons (Fsp3) is 0.389. The first-order chi connectivity index (χ1) is 12.0. The molecule has 3 nitrogen and oxygen atoms in total. The molecule has 132 valence electrons. The van der Waals surface area contributed by atoms with E-state index in [9.17, 15) is 18.0 Å². The van der Waals surface area contributed by atoms with Gasteiger partial charge in [-0.25, -0.2) is 13.2 Å². The molecule has 0 bridgehead atoms. The van der Waals surface area contributed by atoms with E-state index in [4.69, 9.17) is 0 Å². The minimum atomic E-state index is -1.57. The predicted molar refractivity (Wildman–Crippen MR) is 90.0 cm³/mol. The molecule has 1 aromatic heterocycles. The van der Waals surface area contributed by atoms with E-state index >= 15 is 0 Å². The lowest BCUT2D eigenvalue weighted by Gasteiger charge is -2.35. The molecule has 2 aromatic rings. The molecule has 1 aliphatic heterocycles. The number of hydrogen-bond acceptors (Lipinski definition) is 3. The topological polar surface area (TPSA) is 32.3 Å². The van der Waals surface area contributed by atoms with Gasteiger partial charge in [0.25, 0.3) is 0 Å². The van der Waals surface area contributed by atoms with Gasteiger partial charge in [-0.05, 0) is 54.3 Å². The Morgan fingerprint density at radius 3 is 2.76 bits per heavy atom. The zero-order chi connectivity index (χ0) is 17.6. The van der Waals surface area contributed by atoms with E-state index in [0.29, 0.717) is 5.92 Å². The molecule has 0 unspecified atom stereocenters. The normalized spacial score (nSPS) is 20.4. The van der Waals surface area contributed by atoms with Gasteiger partial charge in [-0.3, -0.25) is 9.69 Å². The summed E-state index contributed by atoms with van der Waals surface area (Å²) in [5, 5.41) is 4.45. The highest BCUT2D eigenvalue weighted by atomic mass is 32.1. The first-order valence-electron chi connectivity index (χ1n) is 8.28. The monoisotopic (exact) mass is 366 g/mol. The Morgan fingerprint density at radius 2 is 2.00 bits per heavy atom. The van der Waals surface area contributed by atoms with E-state index in [1.165, 1.54) is 10.4 Å². The van der Waals surface area contributed by atoms with Gasteiger partial charge >= 0.3 is 0 Å². The highest BCUT2D eigenvalue weighted by molar-refractivity contribution is 7.10. The number of carbonyl (C=O) groups is 1. The Labute approximate surface area is 147 Å². The number of nitrogens with zero attached hydrogens (tertiary/aromatic N) is 1. The molecule has 4 rings (SSSR count). The summed E-state index contributed by atoms with van der Waals surface area (Å²) in [5.74, 6) is -4.08. The maximum Gasteiger partial charge on any atom is 0.238 e. The molecule has 0 radical (unpaired) electrons. The highest BCUT2D eigenvalue weighted by Crippen LogP contribution is 2.48. The molecule has 1 aliphatic carbocycles. The first kappa shape index (κ1) is 16.6. The van der Waals surface area contributed by atoms with Gasteiger partial charge in [0.15, 0.2) is 17.5 Å². The summed E-state index contributed by atoms with van der Waals surface area (Å²) in [6, 6.07) is 4.19. The minimum absolute atomic E-state index is 0.106. The third kappa shape index (κ3) is 3.18. The van der Waals surface area contributed by atoms with Crippen molar-refractivity contribution in [3.63, 3.8) is 0 Å². The first-order valence-corrected chi connectivity index (χ1v) is 9.16. The number of thiophene rings is 1. The standard InChI is InChI=1S/C18H17F3N2OS/c19-12-3-4-13(17(21)16(12)20)22-15(24)9-23-7-5-14-11(6-8-25-14)18(23)10-1-2-10/h3-4,6,8,10,18H,1-2,5,7,9H2,(H,22,24)/t18-/m1/s1. The number of amides is 1. The second-order valence-electron chi connectivity index (χ2n) is 6.57. The van der Waals surface area contributed by atoms with Gasteiger partial charge in [-0.1, -0.05) is 0 Å². The summed E-state index contributed by atoms with van der Waals surface area (Å²) in [6.45, 7) is 0.872. The molecule has 2 heterocycles. The average Bonchev–Trinajstić information content (AvgIpc) is 3.31. The molecule has 2 aliphatic rings. The summed E-state index contributed by atoms with van der Waals surface area (Å²) in [4.78, 5) is 15.8. The lowest BCUT2D eigenvalue weighted by atomic mass is 9.96. The number of rotatable bonds is 4. The molecule has 1 aromatic carbocycles. The molecule has 1 amide bonds. The van der Waals surface area contributed by atoms with Crippen molar-refractivity contribution in [2.24, 2.45) is 5.92 Å². The van der Waals surface area contributed by atoms with E-state index in [1.807, 2.05) is 0 Å². The van der Waals surface area contributed by atoms with E-state index in [2.05, 4.69) is 21.7 Å². The van der Waals surface area contributed by atoms with Crippen LogP contribution in [0.5, 0.6) is 0 Å². The summed E-state index contributed by atoms with van der Waals surface area (Å²) < 4.78 is 40.0. The number of hydrogen-bond donors (Lipinski definition) is 1. The zero-order valence-corrected chi connectivity index (χ0v) is 14.2. The predicted octanol–water partition coefficient (Wildman–Crippen LogP) is 4.11. The van der Waals surface area contributed by atoms with Crippen LogP contribution in [0, 0.1) is 23.4 Å². The number of halogens is 3. The van der Waals surface area contributed by atoms with Gasteiger partial charge in [0.1, 0.15) is 0 Å². The summed E-state index contributed by atoms with van der Waals surface area (Å²) in [6.07, 6.45) is 3.19. The molecule has 1 saturated carbocycles. The van der Waals surface area contributed by atoms with Crippen LogP contribution in [-0.4, -0.2) is 23.9 Å².